The second kappa shape index (κ2) is 17.9. The summed E-state index contributed by atoms with van der Waals surface area (Å²) in [5, 5.41) is 0.494. The van der Waals surface area contributed by atoms with E-state index in [9.17, 15) is 4.79 Å². The second-order valence-electron chi connectivity index (χ2n) is 11.3. The van der Waals surface area contributed by atoms with E-state index in [1.165, 1.54) is 78.0 Å². The minimum Gasteiger partial charge on any atom is -0.466 e. The molecule has 298 valence electrons. The Balaban J connectivity index is 2.01. The van der Waals surface area contributed by atoms with Gasteiger partial charge in [0.05, 0.1) is 12.7 Å². The van der Waals surface area contributed by atoms with Crippen LogP contribution in [-0.4, -0.2) is 155 Å². The van der Waals surface area contributed by atoms with Crippen LogP contribution in [0, 0.1) is 0 Å². The third-order valence-corrected chi connectivity index (χ3v) is 38.9. The molecule has 0 aliphatic carbocycles. The fourth-order valence-corrected chi connectivity index (χ4v) is 42.0. The van der Waals surface area contributed by atoms with Crippen LogP contribution in [0.5, 0.6) is 0 Å². The van der Waals surface area contributed by atoms with Crippen molar-refractivity contribution in [2.75, 3.05) is 77.7 Å². The van der Waals surface area contributed by atoms with E-state index >= 15 is 0 Å². The number of rotatable bonds is 20. The third kappa shape index (κ3) is 9.28. The van der Waals surface area contributed by atoms with E-state index in [0.29, 0.717) is 5.19 Å². The van der Waals surface area contributed by atoms with E-state index in [1.807, 2.05) is 6.07 Å². The summed E-state index contributed by atoms with van der Waals surface area (Å²) in [5.74, 6) is -0.540. The molecule has 0 radical (unpaired) electrons. The highest BCUT2D eigenvalue weighted by molar-refractivity contribution is 7.01. The number of carbonyl (C=O) groups is 1. The molecule has 3 saturated heterocycles. The average Bonchev–Trinajstić information content (AvgIpc) is 3.16. The normalized spacial score (nSPS) is 31.8. The molecule has 20 nitrogen and oxygen atoms in total. The van der Waals surface area contributed by atoms with Gasteiger partial charge in [0.25, 0.3) is 0 Å². The van der Waals surface area contributed by atoms with Gasteiger partial charge in [0.2, 0.25) is 0 Å². The highest BCUT2D eigenvalue weighted by atomic mass is 28.6. The topological polar surface area (TPSA) is 192 Å². The van der Waals surface area contributed by atoms with Crippen LogP contribution in [0.15, 0.2) is 30.3 Å². The minimum absolute atomic E-state index is 0.00344. The molecule has 28 heteroatoms. The van der Waals surface area contributed by atoms with Gasteiger partial charge in [0.1, 0.15) is 0 Å². The van der Waals surface area contributed by atoms with Crippen molar-refractivity contribution in [3.8, 4) is 0 Å². The molecule has 0 saturated carbocycles. The Labute approximate surface area is 313 Å². The Bertz CT molecular complexity index is 1300. The summed E-state index contributed by atoms with van der Waals surface area (Å²) >= 11 is 0. The van der Waals surface area contributed by atoms with Gasteiger partial charge in [0.15, 0.2) is 0 Å². The van der Waals surface area contributed by atoms with Crippen molar-refractivity contribution in [1.29, 1.82) is 0 Å². The summed E-state index contributed by atoms with van der Waals surface area (Å²) in [7, 11) is -17.9. The molecule has 0 aromatic heterocycles. The first kappa shape index (κ1) is 44.4. The summed E-state index contributed by atoms with van der Waals surface area (Å²) in [5.41, 5.74) is 0. The zero-order valence-electron chi connectivity index (χ0n) is 31.3. The smallest absolute Gasteiger partial charge is 0.466 e. The molecule has 4 rings (SSSR count). The monoisotopic (exact) mass is 882 g/mol. The number of fused-ring (bicyclic) bond motifs is 4. The molecular formula is C24H50O20Si8. The average molecular weight is 883 g/mol. The standard InChI is InChI=1S/C24H50O20Si8/c1-23(25)36-17-18-48-37-49(42-51(33-9,34-10)41-48,22-20-46(29-5,30-6)31-7)39-50(24-15-13-12-14-16-24)38-47(32-8,40-52(35-11,43-48)44-50)21-19-45(26-2,27-3)28-4/h12-16H,17-22H2,1-11H3. The quantitative estimate of drug-likeness (QED) is 0.131. The molecule has 3 aliphatic heterocycles. The van der Waals surface area contributed by atoms with Crippen LogP contribution >= 0.6 is 0 Å². The number of hydrogen-bond donors (Lipinski definition) is 0. The molecule has 0 spiro atoms. The van der Waals surface area contributed by atoms with Gasteiger partial charge in [-0.2, -0.15) is 0 Å². The molecule has 4 bridgehead atoms. The van der Waals surface area contributed by atoms with Crippen LogP contribution in [-0.2, 0) is 86.7 Å². The van der Waals surface area contributed by atoms with Crippen molar-refractivity contribution >= 4 is 82.1 Å². The Morgan fingerprint density at radius 2 is 1.12 bits per heavy atom. The Morgan fingerprint density at radius 1 is 0.577 bits per heavy atom. The fourth-order valence-electron chi connectivity index (χ4n) is 5.70. The van der Waals surface area contributed by atoms with Crippen molar-refractivity contribution in [2.45, 2.75) is 37.1 Å². The fraction of sp³-hybridized carbons (Fsp3) is 0.708. The zero-order chi connectivity index (χ0) is 38.4. The van der Waals surface area contributed by atoms with Crippen molar-refractivity contribution in [1.82, 2.24) is 0 Å². The molecule has 52 heavy (non-hydrogen) atoms. The van der Waals surface area contributed by atoms with Crippen LogP contribution < -0.4 is 5.19 Å². The largest absolute Gasteiger partial charge is 0.664 e. The molecule has 3 heterocycles. The first-order valence-electron chi connectivity index (χ1n) is 16.0. The van der Waals surface area contributed by atoms with Gasteiger partial charge in [-0.1, -0.05) is 30.3 Å². The van der Waals surface area contributed by atoms with Crippen molar-refractivity contribution in [3.63, 3.8) is 0 Å². The number of ether oxygens (including phenoxy) is 1. The minimum atomic E-state index is -4.53. The van der Waals surface area contributed by atoms with Gasteiger partial charge in [-0.25, -0.2) is 0 Å². The summed E-state index contributed by atoms with van der Waals surface area (Å²) in [6.45, 7) is 1.08. The van der Waals surface area contributed by atoms with Crippen LogP contribution in [0.1, 0.15) is 6.92 Å². The lowest BCUT2D eigenvalue weighted by Crippen LogP contribution is -2.86. The lowest BCUT2D eigenvalue weighted by molar-refractivity contribution is -0.140. The Hall–Kier alpha value is -0.295. The van der Waals surface area contributed by atoms with Crippen LogP contribution in [0.3, 0.4) is 0 Å². The Kier molecular flexibility index (Phi) is 15.3. The highest BCUT2D eigenvalue weighted by Crippen LogP contribution is 2.48. The van der Waals surface area contributed by atoms with E-state index in [0.717, 1.165) is 0 Å². The van der Waals surface area contributed by atoms with Gasteiger partial charge in [0, 0.05) is 107 Å². The van der Waals surface area contributed by atoms with E-state index < -0.39 is 76.9 Å². The highest BCUT2D eigenvalue weighted by Gasteiger charge is 2.81. The molecule has 0 amide bonds. The molecular weight excluding hydrogens is 833 g/mol. The van der Waals surface area contributed by atoms with Crippen LogP contribution in [0.25, 0.3) is 0 Å². The summed E-state index contributed by atoms with van der Waals surface area (Å²) in [4.78, 5) is 12.0. The molecule has 3 aliphatic rings. The first-order chi connectivity index (χ1) is 24.7. The molecule has 1 aromatic rings. The number of esters is 1. The maximum absolute atomic E-state index is 12.0. The van der Waals surface area contributed by atoms with Gasteiger partial charge in [-0.05, 0) is 0 Å². The predicted octanol–water partition coefficient (Wildman–Crippen LogP) is 0.599. The van der Waals surface area contributed by atoms with E-state index in [1.54, 1.807) is 24.3 Å². The maximum Gasteiger partial charge on any atom is 0.664 e. The molecule has 3 fully saturated rings. The van der Waals surface area contributed by atoms with Crippen molar-refractivity contribution < 1.29 is 86.7 Å². The van der Waals surface area contributed by atoms with Crippen LogP contribution in [0.4, 0.5) is 0 Å². The molecule has 1 aromatic carbocycles. The summed E-state index contributed by atoms with van der Waals surface area (Å²) in [6, 6.07) is 9.30. The SMILES string of the molecule is CO[Si](CC[Si]12O[Si](CCOC(C)=O)(O[Si](OC)(OC)O1)O[Si]1(OC)O[Si](CC[Si](OC)(OC)OC)(OC)O[Si](c3ccccc3)(O2)O1)(OC)OC. The second-order valence-corrected chi connectivity index (χ2v) is 34.9. The number of carbonyl (C=O) groups excluding carboxylic acids is 1. The van der Waals surface area contributed by atoms with Gasteiger partial charge in [-0.3, -0.25) is 4.79 Å². The van der Waals surface area contributed by atoms with E-state index in [4.69, 9.17) is 81.9 Å². The van der Waals surface area contributed by atoms with E-state index in [2.05, 4.69) is 0 Å². The Morgan fingerprint density at radius 3 is 1.60 bits per heavy atom. The first-order valence-corrected chi connectivity index (χ1v) is 30.7. The maximum atomic E-state index is 12.0. The molecule has 5 unspecified atom stereocenters. The number of benzene rings is 1. The molecule has 0 N–H and O–H groups in total. The van der Waals surface area contributed by atoms with E-state index in [-0.39, 0.29) is 36.8 Å². The zero-order valence-corrected chi connectivity index (χ0v) is 39.3. The summed E-state index contributed by atoms with van der Waals surface area (Å²) in [6.07, 6.45) is 0. The molecule has 5 atom stereocenters. The third-order valence-electron chi connectivity index (χ3n) is 8.51. The number of hydrogen-bond acceptors (Lipinski definition) is 20. The van der Waals surface area contributed by atoms with Gasteiger partial charge >= 0.3 is 76.9 Å². The lowest BCUT2D eigenvalue weighted by atomic mass is 10.4. The van der Waals surface area contributed by atoms with Gasteiger partial charge in [-0.15, -0.1) is 0 Å². The van der Waals surface area contributed by atoms with Crippen molar-refractivity contribution in [2.24, 2.45) is 0 Å². The predicted molar refractivity (Wildman–Crippen MR) is 192 cm³/mol. The lowest BCUT2D eigenvalue weighted by Gasteiger charge is -2.57. The van der Waals surface area contributed by atoms with Gasteiger partial charge < -0.3 is 81.9 Å². The van der Waals surface area contributed by atoms with Crippen LogP contribution in [0.2, 0.25) is 30.2 Å². The summed E-state index contributed by atoms with van der Waals surface area (Å²) < 4.78 is 119. The van der Waals surface area contributed by atoms with Crippen molar-refractivity contribution in [3.05, 3.63) is 30.3 Å².